The zero-order valence-corrected chi connectivity index (χ0v) is 14.3. The van der Waals surface area contributed by atoms with Gasteiger partial charge in [-0.1, -0.05) is 0 Å². The van der Waals surface area contributed by atoms with Crippen LogP contribution in [-0.2, 0) is 7.05 Å². The van der Waals surface area contributed by atoms with E-state index >= 15 is 0 Å². The van der Waals surface area contributed by atoms with E-state index in [4.69, 9.17) is 14.2 Å². The summed E-state index contributed by atoms with van der Waals surface area (Å²) in [5.41, 5.74) is 1.95. The van der Waals surface area contributed by atoms with Gasteiger partial charge in [-0.05, 0) is 36.4 Å². The van der Waals surface area contributed by atoms with Crippen LogP contribution < -0.4 is 14.2 Å². The van der Waals surface area contributed by atoms with E-state index in [9.17, 15) is 0 Å². The van der Waals surface area contributed by atoms with Crippen molar-refractivity contribution in [1.82, 2.24) is 9.55 Å². The number of benzene rings is 2. The highest BCUT2D eigenvalue weighted by molar-refractivity contribution is 5.88. The van der Waals surface area contributed by atoms with Crippen LogP contribution in [0.25, 0.3) is 21.8 Å². The minimum absolute atomic E-state index is 0.644. The zero-order chi connectivity index (χ0) is 17.4. The first-order valence-electron chi connectivity index (χ1n) is 7.93. The van der Waals surface area contributed by atoms with Crippen LogP contribution in [0.1, 0.15) is 0 Å². The highest BCUT2D eigenvalue weighted by Gasteiger charge is 2.11. The van der Waals surface area contributed by atoms with Gasteiger partial charge in [-0.15, -0.1) is 0 Å². The second kappa shape index (κ2) is 6.02. The molecule has 0 fully saturated rings. The molecule has 0 atom stereocenters. The largest absolute Gasteiger partial charge is 0.493 e. The van der Waals surface area contributed by atoms with Gasteiger partial charge in [0.15, 0.2) is 11.5 Å². The molecule has 0 amide bonds. The second-order valence-electron chi connectivity index (χ2n) is 5.78. The minimum Gasteiger partial charge on any atom is -0.493 e. The quantitative estimate of drug-likeness (QED) is 0.550. The smallest absolute Gasteiger partial charge is 0.162 e. The number of aryl methyl sites for hydroxylation is 1. The van der Waals surface area contributed by atoms with Crippen LogP contribution in [0.4, 0.5) is 0 Å². The molecule has 0 aliphatic heterocycles. The first kappa shape index (κ1) is 15.3. The maximum atomic E-state index is 6.14. The Kier molecular flexibility index (Phi) is 3.69. The summed E-state index contributed by atoms with van der Waals surface area (Å²) in [6.45, 7) is 0. The molecule has 0 bridgehead atoms. The average molecular weight is 334 g/mol. The number of pyridine rings is 1. The van der Waals surface area contributed by atoms with Gasteiger partial charge in [0.25, 0.3) is 0 Å². The van der Waals surface area contributed by atoms with E-state index < -0.39 is 0 Å². The van der Waals surface area contributed by atoms with Crippen LogP contribution in [0.3, 0.4) is 0 Å². The van der Waals surface area contributed by atoms with Gasteiger partial charge in [0.2, 0.25) is 0 Å². The fourth-order valence-corrected chi connectivity index (χ4v) is 2.99. The zero-order valence-electron chi connectivity index (χ0n) is 14.3. The van der Waals surface area contributed by atoms with Gasteiger partial charge in [-0.2, -0.15) is 0 Å². The van der Waals surface area contributed by atoms with E-state index in [1.165, 1.54) is 5.52 Å². The van der Waals surface area contributed by atoms with Gasteiger partial charge in [0, 0.05) is 41.8 Å². The van der Waals surface area contributed by atoms with Crippen LogP contribution in [0.15, 0.2) is 54.9 Å². The van der Waals surface area contributed by atoms with Gasteiger partial charge in [-0.3, -0.25) is 4.98 Å². The molecule has 2 aromatic heterocycles. The highest BCUT2D eigenvalue weighted by Crippen LogP contribution is 2.37. The number of ether oxygens (including phenoxy) is 3. The normalized spacial score (nSPS) is 11.0. The van der Waals surface area contributed by atoms with Crippen LogP contribution in [0, 0.1) is 0 Å². The van der Waals surface area contributed by atoms with Gasteiger partial charge in [0.05, 0.1) is 19.7 Å². The van der Waals surface area contributed by atoms with E-state index in [1.807, 2.05) is 43.6 Å². The third-order valence-corrected chi connectivity index (χ3v) is 4.29. The lowest BCUT2D eigenvalue weighted by Gasteiger charge is -2.12. The van der Waals surface area contributed by atoms with Crippen molar-refractivity contribution in [2.24, 2.45) is 7.05 Å². The van der Waals surface area contributed by atoms with Crippen molar-refractivity contribution >= 4 is 21.8 Å². The monoisotopic (exact) mass is 334 g/mol. The second-order valence-corrected chi connectivity index (χ2v) is 5.78. The number of rotatable bonds is 4. The molecule has 25 heavy (non-hydrogen) atoms. The molecule has 5 heteroatoms. The summed E-state index contributed by atoms with van der Waals surface area (Å²) in [6.07, 6.45) is 3.76. The van der Waals surface area contributed by atoms with Crippen molar-refractivity contribution in [1.29, 1.82) is 0 Å². The molecule has 0 radical (unpaired) electrons. The van der Waals surface area contributed by atoms with Gasteiger partial charge in [0.1, 0.15) is 11.5 Å². The van der Waals surface area contributed by atoms with Crippen molar-refractivity contribution in [3.63, 3.8) is 0 Å². The molecule has 0 aliphatic rings. The standard InChI is InChI=1S/C20H18N2O3/c1-22-9-7-13-10-14(4-5-17(13)22)25-18-6-8-21-16-12-20(24-3)19(23-2)11-15(16)18/h4-12H,1-3H3. The summed E-state index contributed by atoms with van der Waals surface area (Å²) < 4.78 is 19.0. The molecule has 4 aromatic rings. The summed E-state index contributed by atoms with van der Waals surface area (Å²) in [4.78, 5) is 4.40. The fraction of sp³-hybridized carbons (Fsp3) is 0.150. The first-order valence-corrected chi connectivity index (χ1v) is 7.93. The number of hydrogen-bond donors (Lipinski definition) is 0. The Morgan fingerprint density at radius 2 is 1.68 bits per heavy atom. The predicted octanol–water partition coefficient (Wildman–Crippen LogP) is 4.54. The van der Waals surface area contributed by atoms with Crippen molar-refractivity contribution in [2.75, 3.05) is 14.2 Å². The molecular formula is C20H18N2O3. The molecule has 2 aromatic carbocycles. The Balaban J connectivity index is 1.79. The maximum absolute atomic E-state index is 6.14. The third kappa shape index (κ3) is 2.63. The third-order valence-electron chi connectivity index (χ3n) is 4.29. The molecule has 0 saturated carbocycles. The van der Waals surface area contributed by atoms with Crippen molar-refractivity contribution in [3.05, 3.63) is 54.9 Å². The number of aromatic nitrogens is 2. The summed E-state index contributed by atoms with van der Waals surface area (Å²) >= 11 is 0. The lowest BCUT2D eigenvalue weighted by molar-refractivity contribution is 0.355. The molecule has 0 spiro atoms. The first-order chi connectivity index (χ1) is 12.2. The van der Waals surface area contributed by atoms with Crippen LogP contribution in [0.2, 0.25) is 0 Å². The number of fused-ring (bicyclic) bond motifs is 2. The van der Waals surface area contributed by atoms with E-state index in [1.54, 1.807) is 20.4 Å². The predicted molar refractivity (Wildman–Crippen MR) is 97.8 cm³/mol. The Morgan fingerprint density at radius 3 is 2.48 bits per heavy atom. The molecule has 2 heterocycles. The van der Waals surface area contributed by atoms with Crippen molar-refractivity contribution in [2.45, 2.75) is 0 Å². The Morgan fingerprint density at radius 1 is 0.880 bits per heavy atom. The van der Waals surface area contributed by atoms with Crippen molar-refractivity contribution < 1.29 is 14.2 Å². The number of nitrogens with zero attached hydrogens (tertiary/aromatic N) is 2. The molecule has 0 N–H and O–H groups in total. The average Bonchev–Trinajstić information content (AvgIpc) is 3.01. The van der Waals surface area contributed by atoms with Gasteiger partial charge >= 0.3 is 0 Å². The summed E-state index contributed by atoms with van der Waals surface area (Å²) in [5, 5.41) is 2.01. The van der Waals surface area contributed by atoms with E-state index in [0.29, 0.717) is 11.5 Å². The van der Waals surface area contributed by atoms with E-state index in [0.717, 1.165) is 27.8 Å². The summed E-state index contributed by atoms with van der Waals surface area (Å²) in [7, 11) is 5.25. The molecule has 0 aliphatic carbocycles. The van der Waals surface area contributed by atoms with Gasteiger partial charge in [-0.25, -0.2) is 0 Å². The maximum Gasteiger partial charge on any atom is 0.162 e. The highest BCUT2D eigenvalue weighted by atomic mass is 16.5. The lowest BCUT2D eigenvalue weighted by atomic mass is 10.1. The molecule has 126 valence electrons. The molecule has 0 saturated heterocycles. The van der Waals surface area contributed by atoms with Crippen molar-refractivity contribution in [3.8, 4) is 23.0 Å². The molecule has 5 nitrogen and oxygen atoms in total. The summed E-state index contributed by atoms with van der Waals surface area (Å²) in [6, 6.07) is 13.7. The van der Waals surface area contributed by atoms with Crippen LogP contribution in [0.5, 0.6) is 23.0 Å². The fourth-order valence-electron chi connectivity index (χ4n) is 2.99. The lowest BCUT2D eigenvalue weighted by Crippen LogP contribution is -1.93. The molecular weight excluding hydrogens is 316 g/mol. The van der Waals surface area contributed by atoms with E-state index in [-0.39, 0.29) is 0 Å². The minimum atomic E-state index is 0.644. The van der Waals surface area contributed by atoms with E-state index in [2.05, 4.69) is 21.7 Å². The number of methoxy groups -OCH3 is 2. The summed E-state index contributed by atoms with van der Waals surface area (Å²) in [5.74, 6) is 2.79. The molecule has 4 rings (SSSR count). The Bertz CT molecular complexity index is 1070. The Labute approximate surface area is 145 Å². The number of hydrogen-bond acceptors (Lipinski definition) is 4. The SMILES string of the molecule is COc1cc2nccc(Oc3ccc4c(ccn4C)c3)c2cc1OC. The topological polar surface area (TPSA) is 45.5 Å². The van der Waals surface area contributed by atoms with Crippen LogP contribution >= 0.6 is 0 Å². The molecule has 0 unspecified atom stereocenters. The van der Waals surface area contributed by atoms with Gasteiger partial charge < -0.3 is 18.8 Å². The van der Waals surface area contributed by atoms with Crippen LogP contribution in [-0.4, -0.2) is 23.8 Å². The Hall–Kier alpha value is -3.21.